The molecule has 1 aromatic heterocycles. The quantitative estimate of drug-likeness (QED) is 0.497. The number of nitrogens with zero attached hydrogens (tertiary/aromatic N) is 2. The van der Waals surface area contributed by atoms with Crippen molar-refractivity contribution in [1.29, 1.82) is 0 Å². The maximum Gasteiger partial charge on any atom is 0.307 e. The fourth-order valence-corrected chi connectivity index (χ4v) is 4.21. The number of carbonyl (C=O) groups is 2. The molecule has 2 N–H and O–H groups in total. The summed E-state index contributed by atoms with van der Waals surface area (Å²) < 4.78 is 27.9. The van der Waals surface area contributed by atoms with Crippen molar-refractivity contribution < 1.29 is 18.0 Å². The van der Waals surface area contributed by atoms with Crippen LogP contribution in [0.2, 0.25) is 0 Å². The number of hydrogen-bond acceptors (Lipinski definition) is 4. The first-order chi connectivity index (χ1) is 15.6. The van der Waals surface area contributed by atoms with Gasteiger partial charge in [0.05, 0.1) is 5.52 Å². The van der Waals surface area contributed by atoms with Gasteiger partial charge in [0, 0.05) is 43.4 Å². The predicted octanol–water partition coefficient (Wildman–Crippen LogP) is 2.90. The van der Waals surface area contributed by atoms with Gasteiger partial charge in [0.25, 0.3) is 11.8 Å². The molecule has 0 bridgehead atoms. The third-order valence-electron chi connectivity index (χ3n) is 5.06. The van der Waals surface area contributed by atoms with E-state index in [0.29, 0.717) is 28.6 Å². The Bertz CT molecular complexity index is 1310. The van der Waals surface area contributed by atoms with Crippen molar-refractivity contribution in [3.63, 3.8) is 0 Å². The van der Waals surface area contributed by atoms with Crippen LogP contribution in [0.4, 0.5) is 0 Å². The van der Waals surface area contributed by atoms with Crippen LogP contribution in [0.1, 0.15) is 34.8 Å². The minimum absolute atomic E-state index is 0.0270. The fourth-order valence-electron chi connectivity index (χ4n) is 3.20. The monoisotopic (exact) mass is 468 g/mol. The summed E-state index contributed by atoms with van der Waals surface area (Å²) in [5.41, 5.74) is 2.40. The fraction of sp³-hybridized carbons (Fsp3) is 0.250. The van der Waals surface area contributed by atoms with Gasteiger partial charge in [-0.05, 0) is 37.6 Å². The molecule has 1 heterocycles. The summed E-state index contributed by atoms with van der Waals surface area (Å²) in [4.78, 5) is 25.7. The zero-order valence-corrected chi connectivity index (χ0v) is 19.9. The Hall–Kier alpha value is -3.43. The van der Waals surface area contributed by atoms with E-state index in [0.717, 1.165) is 20.3 Å². The van der Waals surface area contributed by atoms with Crippen molar-refractivity contribution in [2.24, 2.45) is 0 Å². The molecule has 0 saturated heterocycles. The summed E-state index contributed by atoms with van der Waals surface area (Å²) in [5, 5.41) is 6.09. The molecule has 33 heavy (non-hydrogen) atoms. The average molecular weight is 469 g/mol. The van der Waals surface area contributed by atoms with Crippen LogP contribution in [-0.2, 0) is 15.0 Å². The lowest BCUT2D eigenvalue weighted by molar-refractivity contribution is -0.117. The van der Waals surface area contributed by atoms with Crippen molar-refractivity contribution in [3.05, 3.63) is 77.1 Å². The van der Waals surface area contributed by atoms with Gasteiger partial charge >= 0.3 is 10.2 Å². The van der Waals surface area contributed by atoms with Crippen molar-refractivity contribution in [2.45, 2.75) is 20.3 Å². The summed E-state index contributed by atoms with van der Waals surface area (Å²) in [6, 6.07) is 14.0. The van der Waals surface area contributed by atoms with Gasteiger partial charge < -0.3 is 10.6 Å². The third-order valence-corrected chi connectivity index (χ3v) is 6.78. The zero-order valence-electron chi connectivity index (χ0n) is 19.1. The first-order valence-corrected chi connectivity index (χ1v) is 12.0. The number of benzene rings is 2. The second-order valence-electron chi connectivity index (χ2n) is 7.82. The maximum atomic E-state index is 12.8. The number of carbonyl (C=O) groups excluding carboxylic acids is 2. The Morgan fingerprint density at radius 3 is 2.36 bits per heavy atom. The van der Waals surface area contributed by atoms with Crippen LogP contribution < -0.4 is 10.6 Å². The van der Waals surface area contributed by atoms with Gasteiger partial charge in [-0.3, -0.25) is 9.59 Å². The lowest BCUT2D eigenvalue weighted by Crippen LogP contribution is -2.35. The van der Waals surface area contributed by atoms with Crippen LogP contribution in [0.25, 0.3) is 17.0 Å². The van der Waals surface area contributed by atoms with Crippen LogP contribution in [0.3, 0.4) is 0 Å². The second-order valence-corrected chi connectivity index (χ2v) is 9.84. The zero-order chi connectivity index (χ0) is 24.2. The normalized spacial score (nSPS) is 12.2. The molecular formula is C24H28N4O4S. The van der Waals surface area contributed by atoms with E-state index in [1.807, 2.05) is 26.0 Å². The molecule has 0 radical (unpaired) electrons. The van der Waals surface area contributed by atoms with Gasteiger partial charge in [-0.2, -0.15) is 12.7 Å². The number of fused-ring (bicyclic) bond motifs is 1. The van der Waals surface area contributed by atoms with Crippen molar-refractivity contribution in [3.8, 4) is 0 Å². The molecule has 8 nitrogen and oxygen atoms in total. The molecule has 0 spiro atoms. The highest BCUT2D eigenvalue weighted by molar-refractivity contribution is 7.87. The van der Waals surface area contributed by atoms with E-state index in [4.69, 9.17) is 0 Å². The lowest BCUT2D eigenvalue weighted by atomic mass is 10.1. The SMILES string of the molecule is CCCNC(=O)C(=Cc1cn(S(=O)(=O)N(C)C)c2ccccc12)NC(=O)c1ccc(C)cc1. The summed E-state index contributed by atoms with van der Waals surface area (Å²) >= 11 is 0. The van der Waals surface area contributed by atoms with Gasteiger partial charge in [-0.25, -0.2) is 3.97 Å². The van der Waals surface area contributed by atoms with Crippen LogP contribution in [-0.4, -0.2) is 49.1 Å². The summed E-state index contributed by atoms with van der Waals surface area (Å²) in [6.45, 7) is 4.28. The Morgan fingerprint density at radius 2 is 1.73 bits per heavy atom. The van der Waals surface area contributed by atoms with E-state index in [2.05, 4.69) is 10.6 Å². The number of rotatable bonds is 8. The van der Waals surface area contributed by atoms with Gasteiger partial charge in [-0.15, -0.1) is 0 Å². The molecule has 174 valence electrons. The van der Waals surface area contributed by atoms with Crippen LogP contribution >= 0.6 is 0 Å². The molecule has 0 aliphatic carbocycles. The van der Waals surface area contributed by atoms with E-state index in [1.54, 1.807) is 36.4 Å². The number of hydrogen-bond donors (Lipinski definition) is 2. The highest BCUT2D eigenvalue weighted by atomic mass is 32.2. The van der Waals surface area contributed by atoms with E-state index in [1.165, 1.54) is 26.4 Å². The van der Waals surface area contributed by atoms with Crippen molar-refractivity contribution in [1.82, 2.24) is 18.9 Å². The van der Waals surface area contributed by atoms with Crippen molar-refractivity contribution >= 4 is 39.0 Å². The molecule has 0 saturated carbocycles. The Kier molecular flexibility index (Phi) is 7.35. The van der Waals surface area contributed by atoms with Gasteiger partial charge in [0.1, 0.15) is 5.70 Å². The number of amides is 2. The summed E-state index contributed by atoms with van der Waals surface area (Å²) in [7, 11) is -0.891. The first-order valence-electron chi connectivity index (χ1n) is 10.6. The molecule has 3 rings (SSSR count). The highest BCUT2D eigenvalue weighted by Gasteiger charge is 2.22. The standard InChI is InChI=1S/C24H28N4O4S/c1-5-14-25-24(30)21(26-23(29)18-12-10-17(2)11-13-18)15-19-16-28(33(31,32)27(3)4)22-9-7-6-8-20(19)22/h6-13,15-16H,5,14H2,1-4H3,(H,25,30)(H,26,29). The smallest absolute Gasteiger partial charge is 0.307 e. The third kappa shape index (κ3) is 5.32. The summed E-state index contributed by atoms with van der Waals surface area (Å²) in [6.07, 6.45) is 3.68. The second kappa shape index (κ2) is 10.0. The Balaban J connectivity index is 2.09. The largest absolute Gasteiger partial charge is 0.351 e. The topological polar surface area (TPSA) is 101 Å². The minimum Gasteiger partial charge on any atom is -0.351 e. The number of aryl methyl sites for hydroxylation is 1. The molecule has 0 atom stereocenters. The van der Waals surface area contributed by atoms with Crippen LogP contribution in [0, 0.1) is 6.92 Å². The van der Waals surface area contributed by atoms with E-state index >= 15 is 0 Å². The van der Waals surface area contributed by atoms with Crippen LogP contribution in [0.5, 0.6) is 0 Å². The predicted molar refractivity (Wildman–Crippen MR) is 130 cm³/mol. The molecule has 0 unspecified atom stereocenters. The van der Waals surface area contributed by atoms with E-state index in [-0.39, 0.29) is 5.70 Å². The summed E-state index contributed by atoms with van der Waals surface area (Å²) in [5.74, 6) is -0.887. The Morgan fingerprint density at radius 1 is 1.06 bits per heavy atom. The number of aromatic nitrogens is 1. The Labute approximate surface area is 194 Å². The molecule has 2 amide bonds. The van der Waals surface area contributed by atoms with Gasteiger partial charge in [-0.1, -0.05) is 42.8 Å². The molecular weight excluding hydrogens is 440 g/mol. The van der Waals surface area contributed by atoms with Crippen LogP contribution in [0.15, 0.2) is 60.4 Å². The minimum atomic E-state index is -3.79. The molecule has 0 aliphatic rings. The molecule has 3 aromatic rings. The highest BCUT2D eigenvalue weighted by Crippen LogP contribution is 2.25. The van der Waals surface area contributed by atoms with Gasteiger partial charge in [0.15, 0.2) is 0 Å². The first kappa shape index (κ1) is 24.2. The van der Waals surface area contributed by atoms with E-state index < -0.39 is 22.0 Å². The number of para-hydroxylation sites is 1. The maximum absolute atomic E-state index is 12.8. The molecule has 0 aliphatic heterocycles. The molecule has 2 aromatic carbocycles. The molecule has 9 heteroatoms. The average Bonchev–Trinajstić information content (AvgIpc) is 3.16. The number of nitrogens with one attached hydrogen (secondary N) is 2. The van der Waals surface area contributed by atoms with E-state index in [9.17, 15) is 18.0 Å². The van der Waals surface area contributed by atoms with Crippen molar-refractivity contribution in [2.75, 3.05) is 20.6 Å². The molecule has 0 fully saturated rings. The lowest BCUT2D eigenvalue weighted by Gasteiger charge is -2.13. The van der Waals surface area contributed by atoms with Gasteiger partial charge in [0.2, 0.25) is 0 Å².